The van der Waals surface area contributed by atoms with Gasteiger partial charge in [0.05, 0.1) is 12.5 Å². The van der Waals surface area contributed by atoms with E-state index in [0.717, 1.165) is 17.6 Å². The van der Waals surface area contributed by atoms with E-state index in [1.54, 1.807) is 13.0 Å². The first kappa shape index (κ1) is 27.1. The number of allylic oxidation sites excluding steroid dienone is 1. The van der Waals surface area contributed by atoms with Crippen LogP contribution in [0.15, 0.2) is 59.7 Å². The summed E-state index contributed by atoms with van der Waals surface area (Å²) < 4.78 is 11.8. The van der Waals surface area contributed by atoms with Crippen LogP contribution in [0.1, 0.15) is 59.4 Å². The first-order chi connectivity index (χ1) is 17.5. The van der Waals surface area contributed by atoms with Crippen LogP contribution in [0.5, 0.6) is 0 Å². The van der Waals surface area contributed by atoms with Crippen molar-refractivity contribution >= 4 is 23.8 Å². The van der Waals surface area contributed by atoms with E-state index in [0.29, 0.717) is 17.9 Å². The van der Waals surface area contributed by atoms with E-state index in [2.05, 4.69) is 13.8 Å². The molecule has 2 fully saturated rings. The van der Waals surface area contributed by atoms with Gasteiger partial charge in [-0.3, -0.25) is 9.59 Å². The van der Waals surface area contributed by atoms with E-state index in [1.165, 1.54) is 13.0 Å². The second-order valence-electron chi connectivity index (χ2n) is 11.5. The number of aliphatic hydroxyl groups excluding tert-OH is 1. The smallest absolute Gasteiger partial charge is 0.331 e. The summed E-state index contributed by atoms with van der Waals surface area (Å²) in [5, 5.41) is 10.2. The third kappa shape index (κ3) is 5.35. The molecule has 1 N–H and O–H groups in total. The van der Waals surface area contributed by atoms with E-state index in [1.807, 2.05) is 49.4 Å². The molecule has 1 aromatic carbocycles. The van der Waals surface area contributed by atoms with Crippen molar-refractivity contribution in [3.8, 4) is 0 Å². The largest absolute Gasteiger partial charge is 0.458 e. The molecule has 0 saturated heterocycles. The minimum absolute atomic E-state index is 0.0709. The standard InChI is InChI=1S/C31H38O6/c1-19-15-25-24(30(25,4)5)13-11-23(18-32)16-26-28(20(2)17-31(26,29(19)35)37-21(3)33)36-27(34)14-12-22-9-7-6-8-10-22/h6-10,12,14-16,20,24-26,28,32H,11,13,17-18H2,1-5H3/t20-,24-,25+,26-,28-,31+/m0/s1. The normalized spacial score (nSPS) is 32.9. The lowest BCUT2D eigenvalue weighted by atomic mass is 9.81. The highest BCUT2D eigenvalue weighted by atomic mass is 16.6. The molecule has 6 atom stereocenters. The fourth-order valence-electron chi connectivity index (χ4n) is 6.48. The van der Waals surface area contributed by atoms with E-state index in [9.17, 15) is 19.5 Å². The van der Waals surface area contributed by atoms with E-state index < -0.39 is 29.6 Å². The number of fused-ring (bicyclic) bond motifs is 2. The van der Waals surface area contributed by atoms with Crippen LogP contribution in [0.4, 0.5) is 0 Å². The molecule has 0 heterocycles. The molecule has 0 unspecified atom stereocenters. The van der Waals surface area contributed by atoms with Crippen molar-refractivity contribution in [1.82, 2.24) is 0 Å². The number of benzene rings is 1. The molecule has 198 valence electrons. The summed E-state index contributed by atoms with van der Waals surface area (Å²) >= 11 is 0. The molecule has 0 aromatic heterocycles. The Labute approximate surface area is 219 Å². The Morgan fingerprint density at radius 2 is 1.84 bits per heavy atom. The van der Waals surface area contributed by atoms with Gasteiger partial charge in [0.25, 0.3) is 0 Å². The Kier molecular flexibility index (Phi) is 7.61. The van der Waals surface area contributed by atoms with Crippen LogP contribution in [0.25, 0.3) is 6.08 Å². The van der Waals surface area contributed by atoms with Gasteiger partial charge in [0.15, 0.2) is 5.60 Å². The summed E-state index contributed by atoms with van der Waals surface area (Å²) in [6.07, 6.45) is 8.01. The van der Waals surface area contributed by atoms with Crippen LogP contribution in [0.3, 0.4) is 0 Å². The van der Waals surface area contributed by atoms with Gasteiger partial charge in [-0.05, 0) is 65.7 Å². The number of ether oxygens (including phenoxy) is 2. The number of ketones is 1. The third-order valence-electron chi connectivity index (χ3n) is 8.57. The summed E-state index contributed by atoms with van der Waals surface area (Å²) in [6.45, 7) is 9.22. The van der Waals surface area contributed by atoms with Gasteiger partial charge in [0.1, 0.15) is 6.10 Å². The fraction of sp³-hybridized carbons (Fsp3) is 0.516. The maximum atomic E-state index is 14.1. The first-order valence-corrected chi connectivity index (χ1v) is 13.2. The molecule has 0 aliphatic heterocycles. The number of carbonyl (C=O) groups is 3. The first-order valence-electron chi connectivity index (χ1n) is 13.2. The van der Waals surface area contributed by atoms with Gasteiger partial charge in [0, 0.05) is 19.4 Å². The lowest BCUT2D eigenvalue weighted by Crippen LogP contribution is -2.48. The average molecular weight is 507 g/mol. The molecule has 0 radical (unpaired) electrons. The molecule has 6 heteroatoms. The molecular weight excluding hydrogens is 468 g/mol. The zero-order valence-corrected chi connectivity index (χ0v) is 22.4. The summed E-state index contributed by atoms with van der Waals surface area (Å²) in [5.41, 5.74) is 0.768. The predicted octanol–water partition coefficient (Wildman–Crippen LogP) is 5.07. The van der Waals surface area contributed by atoms with Crippen molar-refractivity contribution in [3.63, 3.8) is 0 Å². The van der Waals surface area contributed by atoms with Crippen molar-refractivity contribution in [2.45, 2.75) is 65.6 Å². The van der Waals surface area contributed by atoms with E-state index in [-0.39, 0.29) is 36.1 Å². The van der Waals surface area contributed by atoms with Gasteiger partial charge in [-0.1, -0.05) is 63.3 Å². The second-order valence-corrected chi connectivity index (χ2v) is 11.5. The quantitative estimate of drug-likeness (QED) is 0.341. The number of hydrogen-bond donors (Lipinski definition) is 1. The van der Waals surface area contributed by atoms with Gasteiger partial charge >= 0.3 is 11.9 Å². The van der Waals surface area contributed by atoms with Gasteiger partial charge in [-0.2, -0.15) is 0 Å². The van der Waals surface area contributed by atoms with Crippen molar-refractivity contribution in [3.05, 3.63) is 65.3 Å². The van der Waals surface area contributed by atoms with Crippen molar-refractivity contribution < 1.29 is 29.0 Å². The van der Waals surface area contributed by atoms with Crippen molar-refractivity contribution in [1.29, 1.82) is 0 Å². The number of hydrogen-bond acceptors (Lipinski definition) is 6. The molecule has 3 aliphatic carbocycles. The summed E-state index contributed by atoms with van der Waals surface area (Å²) in [5.74, 6) is -1.65. The summed E-state index contributed by atoms with van der Waals surface area (Å²) in [4.78, 5) is 39.3. The molecule has 2 saturated carbocycles. The third-order valence-corrected chi connectivity index (χ3v) is 8.57. The van der Waals surface area contributed by atoms with E-state index >= 15 is 0 Å². The van der Waals surface area contributed by atoms with Crippen LogP contribution in [0.2, 0.25) is 0 Å². The number of esters is 2. The Morgan fingerprint density at radius 1 is 1.14 bits per heavy atom. The van der Waals surface area contributed by atoms with Gasteiger partial charge in [-0.25, -0.2) is 4.79 Å². The number of aliphatic hydroxyl groups is 1. The van der Waals surface area contributed by atoms with Gasteiger partial charge in [0.2, 0.25) is 5.78 Å². The Balaban J connectivity index is 1.73. The maximum absolute atomic E-state index is 14.1. The van der Waals surface area contributed by atoms with Crippen LogP contribution in [0, 0.1) is 29.1 Å². The molecular formula is C31H38O6. The lowest BCUT2D eigenvalue weighted by molar-refractivity contribution is -0.169. The molecule has 6 nitrogen and oxygen atoms in total. The highest BCUT2D eigenvalue weighted by molar-refractivity contribution is 6.03. The second kappa shape index (κ2) is 10.4. The molecule has 1 aromatic rings. The SMILES string of the molecule is CC(=O)O[C@]12C[C@H](C)[C@H](OC(=O)C=Cc3ccccc3)[C@@H]1C=C(CO)CC[C@H]1[C@@H](C=C(C)C2=O)C1(C)C. The molecule has 4 rings (SSSR count). The lowest BCUT2D eigenvalue weighted by Gasteiger charge is -2.34. The highest BCUT2D eigenvalue weighted by Crippen LogP contribution is 2.62. The van der Waals surface area contributed by atoms with E-state index in [4.69, 9.17) is 9.47 Å². The number of Topliss-reactive ketones (excluding diaryl/α,β-unsaturated/α-hetero) is 1. The molecule has 0 bridgehead atoms. The molecule has 0 spiro atoms. The van der Waals surface area contributed by atoms with Crippen molar-refractivity contribution in [2.75, 3.05) is 6.61 Å². The monoisotopic (exact) mass is 506 g/mol. The Hall–Kier alpha value is -2.99. The van der Waals surface area contributed by atoms with Crippen molar-refractivity contribution in [2.24, 2.45) is 29.1 Å². The maximum Gasteiger partial charge on any atom is 0.331 e. The van der Waals surface area contributed by atoms with Crippen LogP contribution in [-0.2, 0) is 23.9 Å². The highest BCUT2D eigenvalue weighted by Gasteiger charge is 2.61. The number of rotatable bonds is 5. The average Bonchev–Trinajstić information content (AvgIpc) is 3.26. The zero-order chi connectivity index (χ0) is 27.0. The van der Waals surface area contributed by atoms with Crippen LogP contribution < -0.4 is 0 Å². The minimum atomic E-state index is -1.50. The molecule has 37 heavy (non-hydrogen) atoms. The minimum Gasteiger partial charge on any atom is -0.458 e. The van der Waals surface area contributed by atoms with Crippen LogP contribution >= 0.6 is 0 Å². The summed E-state index contributed by atoms with van der Waals surface area (Å²) in [6, 6.07) is 9.43. The Morgan fingerprint density at radius 3 is 2.49 bits per heavy atom. The number of carbonyl (C=O) groups excluding carboxylic acids is 3. The Bertz CT molecular complexity index is 1140. The summed E-state index contributed by atoms with van der Waals surface area (Å²) in [7, 11) is 0. The zero-order valence-electron chi connectivity index (χ0n) is 22.4. The van der Waals surface area contributed by atoms with Crippen LogP contribution in [-0.4, -0.2) is 41.1 Å². The fourth-order valence-corrected chi connectivity index (χ4v) is 6.48. The topological polar surface area (TPSA) is 89.9 Å². The van der Waals surface area contributed by atoms with Gasteiger partial charge in [-0.15, -0.1) is 0 Å². The van der Waals surface area contributed by atoms with Gasteiger partial charge < -0.3 is 14.6 Å². The molecule has 0 amide bonds. The predicted molar refractivity (Wildman–Crippen MR) is 141 cm³/mol. The molecule has 3 aliphatic rings.